The molecule has 1 aromatic carbocycles. The van der Waals surface area contributed by atoms with Gasteiger partial charge in [-0.3, -0.25) is 14.9 Å². The summed E-state index contributed by atoms with van der Waals surface area (Å²) in [7, 11) is 0. The first-order valence-corrected chi connectivity index (χ1v) is 6.93. The molecule has 0 bridgehead atoms. The maximum atomic E-state index is 11.8. The van der Waals surface area contributed by atoms with Crippen LogP contribution in [0.3, 0.4) is 0 Å². The van der Waals surface area contributed by atoms with Crippen molar-refractivity contribution in [1.82, 2.24) is 5.32 Å². The molecule has 0 saturated carbocycles. The molecule has 21 heavy (non-hydrogen) atoms. The standard InChI is InChI=1S/C14H21N3O4/c1-2-3-4-9-16-14(19)12(15)13(18)10-5-7-11(8-6-10)17(20)21/h5-8,12-13,18H,2-4,9,15H2,1H3,(H,16,19)/t12-,13+/m1/s1. The van der Waals surface area contributed by atoms with E-state index in [4.69, 9.17) is 5.73 Å². The summed E-state index contributed by atoms with van der Waals surface area (Å²) in [5.74, 6) is -0.433. The molecule has 0 saturated heterocycles. The number of hydrogen-bond acceptors (Lipinski definition) is 5. The third kappa shape index (κ3) is 5.13. The first kappa shape index (κ1) is 17.1. The van der Waals surface area contributed by atoms with Crippen molar-refractivity contribution in [1.29, 1.82) is 0 Å². The van der Waals surface area contributed by atoms with Gasteiger partial charge in [-0.1, -0.05) is 19.8 Å². The lowest BCUT2D eigenvalue weighted by Crippen LogP contribution is -2.44. The van der Waals surface area contributed by atoms with Gasteiger partial charge in [0.05, 0.1) is 4.92 Å². The van der Waals surface area contributed by atoms with Crippen LogP contribution in [0.25, 0.3) is 0 Å². The number of rotatable bonds is 8. The number of aliphatic hydroxyl groups excluding tert-OH is 1. The van der Waals surface area contributed by atoms with Crippen molar-refractivity contribution in [3.8, 4) is 0 Å². The maximum absolute atomic E-state index is 11.8. The monoisotopic (exact) mass is 295 g/mol. The highest BCUT2D eigenvalue weighted by atomic mass is 16.6. The highest BCUT2D eigenvalue weighted by Gasteiger charge is 2.24. The summed E-state index contributed by atoms with van der Waals surface area (Å²) < 4.78 is 0. The molecule has 0 aliphatic rings. The Bertz CT molecular complexity index is 476. The van der Waals surface area contributed by atoms with Crippen molar-refractivity contribution in [2.75, 3.05) is 6.54 Å². The number of non-ortho nitro benzene ring substituents is 1. The van der Waals surface area contributed by atoms with Crippen LogP contribution in [0.15, 0.2) is 24.3 Å². The van der Waals surface area contributed by atoms with E-state index in [0.29, 0.717) is 12.1 Å². The summed E-state index contributed by atoms with van der Waals surface area (Å²) in [5, 5.41) is 23.3. The van der Waals surface area contributed by atoms with Gasteiger partial charge >= 0.3 is 0 Å². The van der Waals surface area contributed by atoms with Gasteiger partial charge in [0.1, 0.15) is 12.1 Å². The van der Waals surface area contributed by atoms with Gasteiger partial charge in [-0.15, -0.1) is 0 Å². The number of carbonyl (C=O) groups excluding carboxylic acids is 1. The summed E-state index contributed by atoms with van der Waals surface area (Å²) >= 11 is 0. The average Bonchev–Trinajstić information content (AvgIpc) is 2.50. The van der Waals surface area contributed by atoms with Crippen LogP contribution in [0, 0.1) is 10.1 Å². The Labute approximate surface area is 123 Å². The van der Waals surface area contributed by atoms with Gasteiger partial charge in [0.15, 0.2) is 0 Å². The van der Waals surface area contributed by atoms with Crippen LogP contribution in [0.5, 0.6) is 0 Å². The predicted octanol–water partition coefficient (Wildman–Crippen LogP) is 1.26. The molecule has 0 aliphatic heterocycles. The molecular weight excluding hydrogens is 274 g/mol. The summed E-state index contributed by atoms with van der Waals surface area (Å²) in [4.78, 5) is 21.8. The van der Waals surface area contributed by atoms with Gasteiger partial charge in [-0.05, 0) is 24.1 Å². The van der Waals surface area contributed by atoms with E-state index in [0.717, 1.165) is 19.3 Å². The van der Waals surface area contributed by atoms with Gasteiger partial charge < -0.3 is 16.2 Å². The van der Waals surface area contributed by atoms with E-state index in [1.54, 1.807) is 0 Å². The van der Waals surface area contributed by atoms with Crippen molar-refractivity contribution in [3.63, 3.8) is 0 Å². The number of nitrogens with zero attached hydrogens (tertiary/aromatic N) is 1. The molecule has 7 heteroatoms. The molecule has 116 valence electrons. The van der Waals surface area contributed by atoms with Crippen molar-refractivity contribution in [2.45, 2.75) is 38.3 Å². The second-order valence-electron chi connectivity index (χ2n) is 4.82. The fourth-order valence-corrected chi connectivity index (χ4v) is 1.85. The first-order valence-electron chi connectivity index (χ1n) is 6.93. The Morgan fingerprint density at radius 2 is 2.00 bits per heavy atom. The second-order valence-corrected chi connectivity index (χ2v) is 4.82. The second kappa shape index (κ2) is 8.33. The predicted molar refractivity (Wildman–Crippen MR) is 78.6 cm³/mol. The van der Waals surface area contributed by atoms with Gasteiger partial charge in [0.25, 0.3) is 5.69 Å². The molecule has 0 aliphatic carbocycles. The fourth-order valence-electron chi connectivity index (χ4n) is 1.85. The minimum atomic E-state index is -1.20. The molecule has 0 spiro atoms. The highest BCUT2D eigenvalue weighted by molar-refractivity contribution is 5.82. The van der Waals surface area contributed by atoms with Crippen LogP contribution in [-0.4, -0.2) is 28.5 Å². The summed E-state index contributed by atoms with van der Waals surface area (Å²) in [6.45, 7) is 2.58. The van der Waals surface area contributed by atoms with E-state index < -0.39 is 23.0 Å². The van der Waals surface area contributed by atoms with Gasteiger partial charge in [0.2, 0.25) is 5.91 Å². The fraction of sp³-hybridized carbons (Fsp3) is 0.500. The van der Waals surface area contributed by atoms with Crippen LogP contribution in [0.2, 0.25) is 0 Å². The molecule has 0 aromatic heterocycles. The number of aliphatic hydroxyl groups is 1. The number of amides is 1. The largest absolute Gasteiger partial charge is 0.386 e. The van der Waals surface area contributed by atoms with Crippen LogP contribution in [0.1, 0.15) is 37.9 Å². The van der Waals surface area contributed by atoms with Crippen LogP contribution in [0.4, 0.5) is 5.69 Å². The average molecular weight is 295 g/mol. The third-order valence-corrected chi connectivity index (χ3v) is 3.17. The minimum absolute atomic E-state index is 0.0801. The molecule has 2 atom stereocenters. The third-order valence-electron chi connectivity index (χ3n) is 3.17. The van der Waals surface area contributed by atoms with Crippen molar-refractivity contribution < 1.29 is 14.8 Å². The number of benzene rings is 1. The van der Waals surface area contributed by atoms with E-state index >= 15 is 0 Å². The Balaban J connectivity index is 2.58. The smallest absolute Gasteiger partial charge is 0.269 e. The molecule has 0 heterocycles. The Hall–Kier alpha value is -1.99. The molecular formula is C14H21N3O4. The van der Waals surface area contributed by atoms with Crippen LogP contribution >= 0.6 is 0 Å². The molecule has 4 N–H and O–H groups in total. The lowest BCUT2D eigenvalue weighted by atomic mass is 10.0. The van der Waals surface area contributed by atoms with Crippen LogP contribution < -0.4 is 11.1 Å². The van der Waals surface area contributed by atoms with Crippen LogP contribution in [-0.2, 0) is 4.79 Å². The zero-order chi connectivity index (χ0) is 15.8. The van der Waals surface area contributed by atoms with E-state index in [1.165, 1.54) is 24.3 Å². The lowest BCUT2D eigenvalue weighted by molar-refractivity contribution is -0.384. The molecule has 1 rings (SSSR count). The summed E-state index contributed by atoms with van der Waals surface area (Å²) in [5.41, 5.74) is 6.00. The SMILES string of the molecule is CCCCCNC(=O)[C@H](N)[C@@H](O)c1ccc([N+](=O)[O-])cc1. The van der Waals surface area contributed by atoms with E-state index in [9.17, 15) is 20.0 Å². The molecule has 1 aromatic rings. The number of carbonyl (C=O) groups is 1. The number of nitrogens with one attached hydrogen (secondary N) is 1. The highest BCUT2D eigenvalue weighted by Crippen LogP contribution is 2.19. The minimum Gasteiger partial charge on any atom is -0.386 e. The molecule has 0 fully saturated rings. The number of nitrogens with two attached hydrogens (primary N) is 1. The Morgan fingerprint density at radius 1 is 1.38 bits per heavy atom. The maximum Gasteiger partial charge on any atom is 0.269 e. The Morgan fingerprint density at radius 3 is 2.52 bits per heavy atom. The number of nitro groups is 1. The number of hydrogen-bond donors (Lipinski definition) is 3. The summed E-state index contributed by atoms with van der Waals surface area (Å²) in [6, 6.07) is 4.22. The van der Waals surface area contributed by atoms with E-state index in [-0.39, 0.29) is 5.69 Å². The van der Waals surface area contributed by atoms with Crippen molar-refractivity contribution in [2.24, 2.45) is 5.73 Å². The molecule has 0 radical (unpaired) electrons. The van der Waals surface area contributed by atoms with Gasteiger partial charge in [0, 0.05) is 18.7 Å². The number of unbranched alkanes of at least 4 members (excludes halogenated alkanes) is 2. The normalized spacial score (nSPS) is 13.5. The summed E-state index contributed by atoms with van der Waals surface area (Å²) in [6.07, 6.45) is 1.73. The Kier molecular flexibility index (Phi) is 6.77. The molecule has 7 nitrogen and oxygen atoms in total. The van der Waals surface area contributed by atoms with E-state index in [2.05, 4.69) is 12.2 Å². The van der Waals surface area contributed by atoms with E-state index in [1.807, 2.05) is 0 Å². The molecule has 0 unspecified atom stereocenters. The number of nitro benzene ring substituents is 1. The zero-order valence-corrected chi connectivity index (χ0v) is 12.0. The first-order chi connectivity index (χ1) is 9.97. The zero-order valence-electron chi connectivity index (χ0n) is 12.0. The van der Waals surface area contributed by atoms with Gasteiger partial charge in [-0.25, -0.2) is 0 Å². The van der Waals surface area contributed by atoms with Crippen molar-refractivity contribution in [3.05, 3.63) is 39.9 Å². The quantitative estimate of drug-likeness (QED) is 0.379. The van der Waals surface area contributed by atoms with Gasteiger partial charge in [-0.2, -0.15) is 0 Å². The van der Waals surface area contributed by atoms with Crippen molar-refractivity contribution >= 4 is 11.6 Å². The topological polar surface area (TPSA) is 118 Å². The molecule has 1 amide bonds. The lowest BCUT2D eigenvalue weighted by Gasteiger charge is -2.18.